The summed E-state index contributed by atoms with van der Waals surface area (Å²) in [6.45, 7) is 0.437. The van der Waals surface area contributed by atoms with Crippen molar-refractivity contribution in [2.24, 2.45) is 0 Å². The minimum atomic E-state index is -1.01. The van der Waals surface area contributed by atoms with Gasteiger partial charge in [0, 0.05) is 18.9 Å². The van der Waals surface area contributed by atoms with Gasteiger partial charge in [-0.15, -0.1) is 0 Å². The fourth-order valence-corrected chi connectivity index (χ4v) is 2.04. The molecule has 1 aromatic rings. The number of carboxylic acid groups (broad SMARTS) is 1. The number of nitrogens with zero attached hydrogens (tertiary/aromatic N) is 1. The Kier molecular flexibility index (Phi) is 7.49. The molecule has 0 saturated heterocycles. The fourth-order valence-electron chi connectivity index (χ4n) is 1.57. The van der Waals surface area contributed by atoms with Crippen LogP contribution in [-0.4, -0.2) is 46.7 Å². The highest BCUT2D eigenvalue weighted by Gasteiger charge is 2.18. The van der Waals surface area contributed by atoms with Crippen molar-refractivity contribution in [1.82, 2.24) is 15.6 Å². The Balaban J connectivity index is 2.29. The molecule has 0 spiro atoms. The number of hydrogen-bond donors (Lipinski definition) is 3. The highest BCUT2D eigenvalue weighted by atomic mass is 32.2. The van der Waals surface area contributed by atoms with Gasteiger partial charge in [-0.3, -0.25) is 4.98 Å². The van der Waals surface area contributed by atoms with Crippen molar-refractivity contribution in [2.45, 2.75) is 18.9 Å². The third-order valence-electron chi connectivity index (χ3n) is 2.64. The topological polar surface area (TPSA) is 91.3 Å². The van der Waals surface area contributed by atoms with Crippen LogP contribution in [0, 0.1) is 0 Å². The van der Waals surface area contributed by atoms with Gasteiger partial charge in [0.2, 0.25) is 0 Å². The summed E-state index contributed by atoms with van der Waals surface area (Å²) in [7, 11) is 0. The lowest BCUT2D eigenvalue weighted by atomic mass is 10.2. The summed E-state index contributed by atoms with van der Waals surface area (Å²) in [6, 6.07) is 2.45. The van der Waals surface area contributed by atoms with Crippen LogP contribution < -0.4 is 10.6 Å². The van der Waals surface area contributed by atoms with Gasteiger partial charge in [-0.2, -0.15) is 11.8 Å². The average Bonchev–Trinajstić information content (AvgIpc) is 2.44. The molecule has 1 heterocycles. The van der Waals surface area contributed by atoms with Gasteiger partial charge >= 0.3 is 12.0 Å². The SMILES string of the molecule is CSCC[C@@H](NC(=O)NCCc1cccnc1)C(=O)O. The molecule has 1 atom stereocenters. The third kappa shape index (κ3) is 6.42. The second-order valence-corrected chi connectivity index (χ2v) is 5.17. The van der Waals surface area contributed by atoms with E-state index in [9.17, 15) is 9.59 Å². The lowest BCUT2D eigenvalue weighted by molar-refractivity contribution is -0.139. The number of aliphatic carboxylic acids is 1. The molecular weight excluding hydrogens is 278 g/mol. The Morgan fingerprint density at radius 3 is 2.90 bits per heavy atom. The molecule has 3 N–H and O–H groups in total. The van der Waals surface area contributed by atoms with Gasteiger partial charge in [-0.25, -0.2) is 9.59 Å². The van der Waals surface area contributed by atoms with Crippen LogP contribution in [0.3, 0.4) is 0 Å². The maximum atomic E-state index is 11.6. The number of carboxylic acids is 1. The molecule has 1 aromatic heterocycles. The largest absolute Gasteiger partial charge is 0.480 e. The van der Waals surface area contributed by atoms with E-state index in [0.717, 1.165) is 5.56 Å². The Bertz CT molecular complexity index is 428. The molecule has 0 aromatic carbocycles. The summed E-state index contributed by atoms with van der Waals surface area (Å²) in [5, 5.41) is 14.1. The number of amides is 2. The zero-order chi connectivity index (χ0) is 14.8. The quantitative estimate of drug-likeness (QED) is 0.669. The number of pyridine rings is 1. The molecule has 0 saturated carbocycles. The number of nitrogens with one attached hydrogen (secondary N) is 2. The Labute approximate surface area is 122 Å². The molecule has 0 unspecified atom stereocenters. The number of aromatic nitrogens is 1. The van der Waals surface area contributed by atoms with Crippen LogP contribution >= 0.6 is 11.8 Å². The molecule has 0 radical (unpaired) electrons. The van der Waals surface area contributed by atoms with Crippen LogP contribution in [0.25, 0.3) is 0 Å². The lowest BCUT2D eigenvalue weighted by Gasteiger charge is -2.14. The highest BCUT2D eigenvalue weighted by Crippen LogP contribution is 2.01. The first-order valence-electron chi connectivity index (χ1n) is 6.28. The minimum Gasteiger partial charge on any atom is -0.480 e. The second kappa shape index (κ2) is 9.19. The molecule has 6 nitrogen and oxygen atoms in total. The molecular formula is C13H19N3O3S. The zero-order valence-corrected chi connectivity index (χ0v) is 12.2. The predicted octanol–water partition coefficient (Wildman–Crippen LogP) is 1.13. The predicted molar refractivity (Wildman–Crippen MR) is 78.9 cm³/mol. The van der Waals surface area contributed by atoms with E-state index in [2.05, 4.69) is 15.6 Å². The van der Waals surface area contributed by atoms with E-state index in [1.54, 1.807) is 24.2 Å². The maximum absolute atomic E-state index is 11.6. The van der Waals surface area contributed by atoms with Crippen molar-refractivity contribution in [3.63, 3.8) is 0 Å². The van der Waals surface area contributed by atoms with E-state index in [4.69, 9.17) is 5.11 Å². The first kappa shape index (κ1) is 16.3. The van der Waals surface area contributed by atoms with Crippen LogP contribution in [0.1, 0.15) is 12.0 Å². The van der Waals surface area contributed by atoms with Crippen molar-refractivity contribution in [3.05, 3.63) is 30.1 Å². The molecule has 0 bridgehead atoms. The van der Waals surface area contributed by atoms with E-state index in [1.165, 1.54) is 0 Å². The van der Waals surface area contributed by atoms with Gasteiger partial charge in [-0.05, 0) is 36.5 Å². The molecule has 0 fully saturated rings. The van der Waals surface area contributed by atoms with Crippen molar-refractivity contribution >= 4 is 23.8 Å². The average molecular weight is 297 g/mol. The van der Waals surface area contributed by atoms with E-state index in [-0.39, 0.29) is 0 Å². The van der Waals surface area contributed by atoms with Crippen LogP contribution in [-0.2, 0) is 11.2 Å². The highest BCUT2D eigenvalue weighted by molar-refractivity contribution is 7.98. The number of rotatable bonds is 8. The molecule has 0 aliphatic rings. The van der Waals surface area contributed by atoms with E-state index in [0.29, 0.717) is 25.1 Å². The normalized spacial score (nSPS) is 11.7. The number of carbonyl (C=O) groups excluding carboxylic acids is 1. The van der Waals surface area contributed by atoms with Crippen molar-refractivity contribution < 1.29 is 14.7 Å². The summed E-state index contributed by atoms with van der Waals surface area (Å²) >= 11 is 1.55. The van der Waals surface area contributed by atoms with Crippen molar-refractivity contribution in [3.8, 4) is 0 Å². The van der Waals surface area contributed by atoms with E-state index < -0.39 is 18.0 Å². The molecule has 110 valence electrons. The van der Waals surface area contributed by atoms with Crippen LogP contribution in [0.5, 0.6) is 0 Å². The second-order valence-electron chi connectivity index (χ2n) is 4.18. The monoisotopic (exact) mass is 297 g/mol. The molecule has 7 heteroatoms. The summed E-state index contributed by atoms with van der Waals surface area (Å²) in [5.74, 6) is -0.325. The molecule has 0 aliphatic carbocycles. The van der Waals surface area contributed by atoms with Gasteiger partial charge in [0.15, 0.2) is 0 Å². The Morgan fingerprint density at radius 1 is 1.50 bits per heavy atom. The Morgan fingerprint density at radius 2 is 2.30 bits per heavy atom. The third-order valence-corrected chi connectivity index (χ3v) is 3.28. The van der Waals surface area contributed by atoms with Crippen molar-refractivity contribution in [2.75, 3.05) is 18.6 Å². The van der Waals surface area contributed by atoms with Gasteiger partial charge < -0.3 is 15.7 Å². The Hall–Kier alpha value is -1.76. The summed E-state index contributed by atoms with van der Waals surface area (Å²) < 4.78 is 0. The standard InChI is InChI=1S/C13H19N3O3S/c1-20-8-5-11(12(17)18)16-13(19)15-7-4-10-3-2-6-14-9-10/h2-3,6,9,11H,4-5,7-8H2,1H3,(H,17,18)(H2,15,16,19)/t11-/m1/s1. The van der Waals surface area contributed by atoms with Gasteiger partial charge in [0.25, 0.3) is 0 Å². The first-order chi connectivity index (χ1) is 9.63. The first-order valence-corrected chi connectivity index (χ1v) is 7.68. The van der Waals surface area contributed by atoms with E-state index >= 15 is 0 Å². The summed E-state index contributed by atoms with van der Waals surface area (Å²) in [6.07, 6.45) is 6.38. The molecule has 0 aliphatic heterocycles. The number of hydrogen-bond acceptors (Lipinski definition) is 4. The maximum Gasteiger partial charge on any atom is 0.326 e. The van der Waals surface area contributed by atoms with Crippen LogP contribution in [0.2, 0.25) is 0 Å². The summed E-state index contributed by atoms with van der Waals surface area (Å²) in [4.78, 5) is 26.6. The van der Waals surface area contributed by atoms with Crippen molar-refractivity contribution in [1.29, 1.82) is 0 Å². The molecule has 2 amide bonds. The number of urea groups is 1. The van der Waals surface area contributed by atoms with Crippen LogP contribution in [0.4, 0.5) is 4.79 Å². The number of carbonyl (C=O) groups is 2. The lowest BCUT2D eigenvalue weighted by Crippen LogP contribution is -2.46. The minimum absolute atomic E-state index is 0.409. The van der Waals surface area contributed by atoms with Gasteiger partial charge in [0.1, 0.15) is 6.04 Å². The smallest absolute Gasteiger partial charge is 0.326 e. The van der Waals surface area contributed by atoms with Gasteiger partial charge in [0.05, 0.1) is 0 Å². The number of thioether (sulfide) groups is 1. The fraction of sp³-hybridized carbons (Fsp3) is 0.462. The summed E-state index contributed by atoms with van der Waals surface area (Å²) in [5.41, 5.74) is 1.02. The zero-order valence-electron chi connectivity index (χ0n) is 11.3. The molecule has 1 rings (SSSR count). The van der Waals surface area contributed by atoms with Gasteiger partial charge in [-0.1, -0.05) is 6.07 Å². The van der Waals surface area contributed by atoms with Crippen LogP contribution in [0.15, 0.2) is 24.5 Å². The molecule has 20 heavy (non-hydrogen) atoms. The van der Waals surface area contributed by atoms with E-state index in [1.807, 2.05) is 18.4 Å².